The highest BCUT2D eigenvalue weighted by Gasteiger charge is 2.39. The summed E-state index contributed by atoms with van der Waals surface area (Å²) in [4.78, 5) is 13.0. The zero-order valence-corrected chi connectivity index (χ0v) is 18.3. The number of aliphatic hydroxyl groups excluding tert-OH is 1. The molecule has 2 heterocycles. The van der Waals surface area contributed by atoms with Crippen molar-refractivity contribution >= 4 is 27.3 Å². The number of allylic oxidation sites excluding steroid dienone is 1. The second-order valence-electron chi connectivity index (χ2n) is 8.17. The van der Waals surface area contributed by atoms with Gasteiger partial charge in [-0.05, 0) is 61.1 Å². The van der Waals surface area contributed by atoms with E-state index in [2.05, 4.69) is 35.0 Å². The number of rotatable bonds is 8. The predicted molar refractivity (Wildman–Crippen MR) is 119 cm³/mol. The summed E-state index contributed by atoms with van der Waals surface area (Å²) in [5, 5.41) is 16.0. The maximum Gasteiger partial charge on any atom is 0.286 e. The lowest BCUT2D eigenvalue weighted by Gasteiger charge is -2.37. The van der Waals surface area contributed by atoms with Gasteiger partial charge >= 0.3 is 0 Å². The Hall–Kier alpha value is -1.89. The Morgan fingerprint density at radius 1 is 1.30 bits per heavy atom. The van der Waals surface area contributed by atoms with E-state index in [0.29, 0.717) is 18.8 Å². The summed E-state index contributed by atoms with van der Waals surface area (Å²) in [7, 11) is 0. The Bertz CT molecular complexity index is 886. The number of benzene rings is 1. The highest BCUT2D eigenvalue weighted by atomic mass is 32.1. The van der Waals surface area contributed by atoms with E-state index in [-0.39, 0.29) is 30.4 Å². The number of carbonyl (C=O) groups is 1. The highest BCUT2D eigenvalue weighted by molar-refractivity contribution is 7.17. The fourth-order valence-corrected chi connectivity index (χ4v) is 5.71. The fourth-order valence-electron chi connectivity index (χ4n) is 4.71. The molecule has 2 aromatic rings. The van der Waals surface area contributed by atoms with Gasteiger partial charge in [0.1, 0.15) is 0 Å². The number of amides is 1. The minimum absolute atomic E-state index is 0.00216. The maximum atomic E-state index is 13.0. The van der Waals surface area contributed by atoms with Gasteiger partial charge in [0, 0.05) is 35.8 Å². The van der Waals surface area contributed by atoms with Crippen LogP contribution in [0.2, 0.25) is 0 Å². The zero-order valence-electron chi connectivity index (χ0n) is 17.5. The summed E-state index contributed by atoms with van der Waals surface area (Å²) in [5.41, 5.74) is 1.21. The number of hydrogen-bond donors (Lipinski definition) is 2. The van der Waals surface area contributed by atoms with E-state index in [1.54, 1.807) is 11.3 Å². The lowest BCUT2D eigenvalue weighted by Crippen LogP contribution is -2.41. The van der Waals surface area contributed by atoms with Crippen LogP contribution in [0.15, 0.2) is 41.5 Å². The van der Waals surface area contributed by atoms with Crippen molar-refractivity contribution in [3.63, 3.8) is 0 Å². The standard InChI is InChI=1S/C24H31NO4S/c1-2-28-24-18(11-7-13-26)19(20-15-30-22-12-6-5-10-17(20)22)14-21(29-24)23(27)25-16-8-3-4-9-16/h5-6,10,12,14-16,18-19,24,26H,2-4,7-9,11,13H2,1H3,(H,25,27)/t18-,19+,24-/m0/s1. The van der Waals surface area contributed by atoms with E-state index < -0.39 is 6.29 Å². The summed E-state index contributed by atoms with van der Waals surface area (Å²) < 4.78 is 13.3. The molecular weight excluding hydrogens is 398 g/mol. The normalized spacial score (nSPS) is 24.6. The smallest absolute Gasteiger partial charge is 0.286 e. The molecule has 6 heteroatoms. The van der Waals surface area contributed by atoms with Gasteiger partial charge in [-0.2, -0.15) is 0 Å². The van der Waals surface area contributed by atoms with E-state index in [4.69, 9.17) is 9.47 Å². The largest absolute Gasteiger partial charge is 0.459 e. The number of hydrogen-bond acceptors (Lipinski definition) is 5. The molecule has 1 aromatic heterocycles. The van der Waals surface area contributed by atoms with Crippen LogP contribution in [-0.4, -0.2) is 36.6 Å². The van der Waals surface area contributed by atoms with Crippen molar-refractivity contribution in [2.45, 2.75) is 63.7 Å². The number of carbonyl (C=O) groups excluding carboxylic acids is 1. The Labute approximate surface area is 182 Å². The molecule has 0 unspecified atom stereocenters. The van der Waals surface area contributed by atoms with Crippen LogP contribution >= 0.6 is 11.3 Å². The third-order valence-electron chi connectivity index (χ3n) is 6.20. The molecular formula is C24H31NO4S. The van der Waals surface area contributed by atoms with E-state index >= 15 is 0 Å². The molecule has 1 aliphatic carbocycles. The van der Waals surface area contributed by atoms with Crippen LogP contribution in [0.1, 0.15) is 56.9 Å². The molecule has 1 fully saturated rings. The van der Waals surface area contributed by atoms with Crippen LogP contribution in [0.4, 0.5) is 0 Å². The Kier molecular flexibility index (Phi) is 7.08. The van der Waals surface area contributed by atoms with Crippen LogP contribution in [0.5, 0.6) is 0 Å². The molecule has 1 aromatic carbocycles. The Morgan fingerprint density at radius 3 is 2.87 bits per heavy atom. The van der Waals surface area contributed by atoms with E-state index in [9.17, 15) is 9.90 Å². The van der Waals surface area contributed by atoms with Gasteiger partial charge in [0.05, 0.1) is 0 Å². The first-order valence-corrected chi connectivity index (χ1v) is 12.0. The SMILES string of the molecule is CCO[C@H]1OC(C(=O)NC2CCCC2)=C[C@@H](c2csc3ccccc23)[C@@H]1CCCO. The lowest BCUT2D eigenvalue weighted by atomic mass is 9.80. The average Bonchev–Trinajstić information content (AvgIpc) is 3.42. The van der Waals surface area contributed by atoms with Crippen LogP contribution in [0.25, 0.3) is 10.1 Å². The van der Waals surface area contributed by atoms with Gasteiger partial charge in [-0.3, -0.25) is 4.79 Å². The van der Waals surface area contributed by atoms with E-state index in [0.717, 1.165) is 19.3 Å². The minimum atomic E-state index is -0.500. The zero-order chi connectivity index (χ0) is 20.9. The third kappa shape index (κ3) is 4.56. The van der Waals surface area contributed by atoms with E-state index in [1.807, 2.05) is 13.0 Å². The van der Waals surface area contributed by atoms with Crippen molar-refractivity contribution in [2.75, 3.05) is 13.2 Å². The highest BCUT2D eigenvalue weighted by Crippen LogP contribution is 2.43. The van der Waals surface area contributed by atoms with Crippen LogP contribution in [-0.2, 0) is 14.3 Å². The molecule has 162 valence electrons. The molecule has 0 spiro atoms. The second kappa shape index (κ2) is 9.94. The summed E-state index contributed by atoms with van der Waals surface area (Å²) in [5.74, 6) is 0.262. The predicted octanol–water partition coefficient (Wildman–Crippen LogP) is 4.71. The monoisotopic (exact) mass is 429 g/mol. The molecule has 4 rings (SSSR count). The number of ether oxygens (including phenoxy) is 2. The molecule has 2 N–H and O–H groups in total. The molecule has 1 amide bonds. The molecule has 30 heavy (non-hydrogen) atoms. The minimum Gasteiger partial charge on any atom is -0.459 e. The molecule has 3 atom stereocenters. The van der Waals surface area contributed by atoms with Crippen molar-refractivity contribution < 1.29 is 19.4 Å². The number of fused-ring (bicyclic) bond motifs is 1. The van der Waals surface area contributed by atoms with Crippen molar-refractivity contribution in [3.05, 3.63) is 47.0 Å². The van der Waals surface area contributed by atoms with Crippen LogP contribution in [0, 0.1) is 5.92 Å². The summed E-state index contributed by atoms with van der Waals surface area (Å²) >= 11 is 1.72. The first-order chi connectivity index (χ1) is 14.7. The van der Waals surface area contributed by atoms with Crippen molar-refractivity contribution in [3.8, 4) is 0 Å². The van der Waals surface area contributed by atoms with Gasteiger partial charge in [0.15, 0.2) is 5.76 Å². The Morgan fingerprint density at radius 2 is 2.10 bits per heavy atom. The number of aliphatic hydroxyl groups is 1. The van der Waals surface area contributed by atoms with Gasteiger partial charge in [-0.25, -0.2) is 0 Å². The first-order valence-electron chi connectivity index (χ1n) is 11.1. The maximum absolute atomic E-state index is 13.0. The second-order valence-corrected chi connectivity index (χ2v) is 9.08. The average molecular weight is 430 g/mol. The number of nitrogens with one attached hydrogen (secondary N) is 1. The summed E-state index contributed by atoms with van der Waals surface area (Å²) in [6.07, 6.45) is 7.32. The first kappa shape index (κ1) is 21.3. The summed E-state index contributed by atoms with van der Waals surface area (Å²) in [6.45, 7) is 2.58. The molecule has 0 saturated heterocycles. The summed E-state index contributed by atoms with van der Waals surface area (Å²) in [6, 6.07) is 8.61. The van der Waals surface area contributed by atoms with Gasteiger partial charge in [0.25, 0.3) is 5.91 Å². The van der Waals surface area contributed by atoms with Crippen LogP contribution < -0.4 is 5.32 Å². The molecule has 5 nitrogen and oxygen atoms in total. The number of thiophene rings is 1. The van der Waals surface area contributed by atoms with Crippen LogP contribution in [0.3, 0.4) is 0 Å². The van der Waals surface area contributed by atoms with Gasteiger partial charge < -0.3 is 19.9 Å². The molecule has 1 saturated carbocycles. The molecule has 0 bridgehead atoms. The topological polar surface area (TPSA) is 67.8 Å². The van der Waals surface area contributed by atoms with Gasteiger partial charge in [0.2, 0.25) is 6.29 Å². The van der Waals surface area contributed by atoms with Gasteiger partial charge in [-0.1, -0.05) is 31.0 Å². The van der Waals surface area contributed by atoms with Crippen molar-refractivity contribution in [1.29, 1.82) is 0 Å². The van der Waals surface area contributed by atoms with Gasteiger partial charge in [-0.15, -0.1) is 11.3 Å². The molecule has 2 aliphatic rings. The van der Waals surface area contributed by atoms with Crippen molar-refractivity contribution in [1.82, 2.24) is 5.32 Å². The lowest BCUT2D eigenvalue weighted by molar-refractivity contribution is -0.166. The molecule has 1 aliphatic heterocycles. The Balaban J connectivity index is 1.69. The third-order valence-corrected chi connectivity index (χ3v) is 7.18. The quantitative estimate of drug-likeness (QED) is 0.638. The van der Waals surface area contributed by atoms with E-state index in [1.165, 1.54) is 28.5 Å². The fraction of sp³-hybridized carbons (Fsp3) is 0.542. The van der Waals surface area contributed by atoms with Crippen molar-refractivity contribution in [2.24, 2.45) is 5.92 Å². The molecule has 0 radical (unpaired) electrons.